The van der Waals surface area contributed by atoms with E-state index in [1.807, 2.05) is 17.8 Å². The Kier molecular flexibility index (Phi) is 5.99. The van der Waals surface area contributed by atoms with Gasteiger partial charge in [-0.2, -0.15) is 11.8 Å². The van der Waals surface area contributed by atoms with Gasteiger partial charge in [0.1, 0.15) is 5.76 Å². The lowest BCUT2D eigenvalue weighted by molar-refractivity contribution is -0.0129. The van der Waals surface area contributed by atoms with E-state index >= 15 is 0 Å². The first-order chi connectivity index (χ1) is 15.2. The Morgan fingerprint density at radius 1 is 1.26 bits per heavy atom. The lowest BCUT2D eigenvalue weighted by Gasteiger charge is -2.43. The number of carbonyl (C=O) groups is 1. The number of hydrogen-bond donors (Lipinski definition) is 1. The average Bonchev–Trinajstić information content (AvgIpc) is 3.53. The van der Waals surface area contributed by atoms with Crippen LogP contribution in [0.2, 0.25) is 0 Å². The van der Waals surface area contributed by atoms with E-state index in [1.165, 1.54) is 11.3 Å². The van der Waals surface area contributed by atoms with Crippen molar-refractivity contribution in [3.05, 3.63) is 53.5 Å². The molecule has 166 valence electrons. The molecule has 5 rings (SSSR count). The van der Waals surface area contributed by atoms with Gasteiger partial charge in [0.05, 0.1) is 31.6 Å². The molecule has 6 nitrogen and oxygen atoms in total. The number of fused-ring (bicyclic) bond motifs is 1. The largest absolute Gasteiger partial charge is 0.467 e. The third kappa shape index (κ3) is 4.11. The summed E-state index contributed by atoms with van der Waals surface area (Å²) in [7, 11) is 0. The summed E-state index contributed by atoms with van der Waals surface area (Å²) in [4.78, 5) is 18.0. The molecule has 1 aromatic heterocycles. The number of thioether (sulfide) groups is 1. The molecule has 0 radical (unpaired) electrons. The molecular weight excluding hydrogens is 410 g/mol. The van der Waals surface area contributed by atoms with Crippen LogP contribution in [-0.2, 0) is 17.7 Å². The molecule has 2 fully saturated rings. The van der Waals surface area contributed by atoms with Gasteiger partial charge in [0.2, 0.25) is 0 Å². The summed E-state index contributed by atoms with van der Waals surface area (Å²) in [5.74, 6) is 2.92. The van der Waals surface area contributed by atoms with Crippen LogP contribution in [0.25, 0.3) is 0 Å². The zero-order chi connectivity index (χ0) is 21.3. The standard InChI is InChI=1S/C24H31N3O3S/c1-18-14-19-4-2-3-5-21(19)27(18)15-22-20(6-10-30-22)23(28)25-16-24(7-13-31-17-24)26-8-11-29-12-9-26/h2-6,10,18H,7-9,11-17H2,1H3,(H,25,28). The van der Waals surface area contributed by atoms with Gasteiger partial charge in [-0.25, -0.2) is 0 Å². The molecule has 4 heterocycles. The van der Waals surface area contributed by atoms with Crippen LogP contribution in [0.1, 0.15) is 35.0 Å². The third-order valence-electron chi connectivity index (χ3n) is 6.99. The van der Waals surface area contributed by atoms with Gasteiger partial charge in [0.15, 0.2) is 0 Å². The number of furan rings is 1. The summed E-state index contributed by atoms with van der Waals surface area (Å²) in [6, 6.07) is 10.7. The molecule has 2 unspecified atom stereocenters. The molecule has 3 aliphatic rings. The number of benzene rings is 1. The average molecular weight is 442 g/mol. The Hall–Kier alpha value is -1.96. The van der Waals surface area contributed by atoms with Crippen molar-refractivity contribution in [2.45, 2.75) is 37.9 Å². The summed E-state index contributed by atoms with van der Waals surface area (Å²) in [6.45, 7) is 6.96. The van der Waals surface area contributed by atoms with E-state index < -0.39 is 0 Å². The van der Waals surface area contributed by atoms with E-state index in [0.717, 1.165) is 56.4 Å². The normalized spacial score (nSPS) is 26.2. The fourth-order valence-electron chi connectivity index (χ4n) is 5.17. The van der Waals surface area contributed by atoms with Crippen molar-refractivity contribution in [2.24, 2.45) is 0 Å². The second-order valence-electron chi connectivity index (χ2n) is 8.88. The van der Waals surface area contributed by atoms with Crippen LogP contribution in [0.3, 0.4) is 0 Å². The predicted octanol–water partition coefficient (Wildman–Crippen LogP) is 3.17. The first-order valence-electron chi connectivity index (χ1n) is 11.3. The molecule has 2 saturated heterocycles. The van der Waals surface area contributed by atoms with Gasteiger partial charge >= 0.3 is 0 Å². The Labute approximate surface area is 188 Å². The minimum Gasteiger partial charge on any atom is -0.467 e. The van der Waals surface area contributed by atoms with Gasteiger partial charge in [-0.15, -0.1) is 0 Å². The summed E-state index contributed by atoms with van der Waals surface area (Å²) < 4.78 is 11.3. The highest BCUT2D eigenvalue weighted by Gasteiger charge is 2.41. The molecule has 2 aromatic rings. The van der Waals surface area contributed by atoms with Gasteiger partial charge < -0.3 is 19.4 Å². The number of carbonyl (C=O) groups excluding carboxylic acids is 1. The fourth-order valence-corrected chi connectivity index (χ4v) is 6.64. The van der Waals surface area contributed by atoms with Crippen LogP contribution in [-0.4, -0.2) is 66.7 Å². The molecule has 0 spiro atoms. The molecule has 7 heteroatoms. The highest BCUT2D eigenvalue weighted by molar-refractivity contribution is 7.99. The highest BCUT2D eigenvalue weighted by Crippen LogP contribution is 2.35. The van der Waals surface area contributed by atoms with Crippen LogP contribution in [0.5, 0.6) is 0 Å². The van der Waals surface area contributed by atoms with Gasteiger partial charge in [-0.1, -0.05) is 18.2 Å². The minimum absolute atomic E-state index is 0.0339. The number of nitrogens with one attached hydrogen (secondary N) is 1. The Morgan fingerprint density at radius 2 is 2.10 bits per heavy atom. The molecular formula is C24H31N3O3S. The lowest BCUT2D eigenvalue weighted by Crippen LogP contribution is -2.59. The van der Waals surface area contributed by atoms with E-state index in [-0.39, 0.29) is 11.4 Å². The first-order valence-corrected chi connectivity index (χ1v) is 12.4. The molecule has 0 bridgehead atoms. The van der Waals surface area contributed by atoms with Crippen molar-refractivity contribution >= 4 is 23.4 Å². The molecule has 3 aliphatic heterocycles. The topological polar surface area (TPSA) is 58.0 Å². The molecule has 1 aromatic carbocycles. The van der Waals surface area contributed by atoms with Crippen molar-refractivity contribution in [1.29, 1.82) is 0 Å². The van der Waals surface area contributed by atoms with Gasteiger partial charge in [0, 0.05) is 42.7 Å². The van der Waals surface area contributed by atoms with Crippen LogP contribution in [0.15, 0.2) is 41.0 Å². The van der Waals surface area contributed by atoms with Crippen molar-refractivity contribution in [3.8, 4) is 0 Å². The zero-order valence-electron chi connectivity index (χ0n) is 18.1. The van der Waals surface area contributed by atoms with Gasteiger partial charge in [-0.05, 0) is 43.2 Å². The monoisotopic (exact) mass is 441 g/mol. The van der Waals surface area contributed by atoms with E-state index in [4.69, 9.17) is 9.15 Å². The van der Waals surface area contributed by atoms with Crippen molar-refractivity contribution in [1.82, 2.24) is 10.2 Å². The zero-order valence-corrected chi connectivity index (χ0v) is 19.0. The summed E-state index contributed by atoms with van der Waals surface area (Å²) >= 11 is 1.98. The predicted molar refractivity (Wildman–Crippen MR) is 124 cm³/mol. The number of amides is 1. The summed E-state index contributed by atoms with van der Waals surface area (Å²) in [5, 5.41) is 3.25. The number of ether oxygens (including phenoxy) is 1. The number of rotatable bonds is 6. The molecule has 2 atom stereocenters. The lowest BCUT2D eigenvalue weighted by atomic mass is 9.95. The number of morpholine rings is 1. The summed E-state index contributed by atoms with van der Waals surface area (Å²) in [5.41, 5.74) is 3.29. The SMILES string of the molecule is CC1Cc2ccccc2N1Cc1occc1C(=O)NCC1(N2CCOCC2)CCSC1. The fraction of sp³-hybridized carbons (Fsp3) is 0.542. The van der Waals surface area contributed by atoms with E-state index in [1.54, 1.807) is 6.26 Å². The molecule has 31 heavy (non-hydrogen) atoms. The van der Waals surface area contributed by atoms with Crippen LogP contribution in [0.4, 0.5) is 5.69 Å². The third-order valence-corrected chi connectivity index (χ3v) is 8.23. The molecule has 1 amide bonds. The maximum absolute atomic E-state index is 13.2. The second-order valence-corrected chi connectivity index (χ2v) is 9.98. The first kappa shape index (κ1) is 20.9. The molecule has 0 aliphatic carbocycles. The van der Waals surface area contributed by atoms with Crippen LogP contribution >= 0.6 is 11.8 Å². The van der Waals surface area contributed by atoms with Crippen molar-refractivity contribution in [3.63, 3.8) is 0 Å². The number of nitrogens with zero attached hydrogens (tertiary/aromatic N) is 2. The van der Waals surface area contributed by atoms with E-state index in [2.05, 4.69) is 46.3 Å². The van der Waals surface area contributed by atoms with Gasteiger partial charge in [0.25, 0.3) is 5.91 Å². The van der Waals surface area contributed by atoms with Gasteiger partial charge in [-0.3, -0.25) is 9.69 Å². The maximum Gasteiger partial charge on any atom is 0.254 e. The number of hydrogen-bond acceptors (Lipinski definition) is 6. The summed E-state index contributed by atoms with van der Waals surface area (Å²) in [6.07, 6.45) is 3.77. The van der Waals surface area contributed by atoms with Crippen LogP contribution < -0.4 is 10.2 Å². The number of para-hydroxylation sites is 1. The molecule has 1 N–H and O–H groups in total. The smallest absolute Gasteiger partial charge is 0.254 e. The van der Waals surface area contributed by atoms with E-state index in [0.29, 0.717) is 24.7 Å². The number of anilines is 1. The van der Waals surface area contributed by atoms with E-state index in [9.17, 15) is 4.79 Å². The van der Waals surface area contributed by atoms with Crippen molar-refractivity contribution < 1.29 is 13.9 Å². The quantitative estimate of drug-likeness (QED) is 0.743. The Morgan fingerprint density at radius 3 is 2.90 bits per heavy atom. The Balaban J connectivity index is 1.28. The van der Waals surface area contributed by atoms with Crippen LogP contribution in [0, 0.1) is 0 Å². The van der Waals surface area contributed by atoms with Crippen molar-refractivity contribution in [2.75, 3.05) is 49.3 Å². The second kappa shape index (κ2) is 8.88. The Bertz CT molecular complexity index is 918. The molecule has 0 saturated carbocycles. The highest BCUT2D eigenvalue weighted by atomic mass is 32.2. The maximum atomic E-state index is 13.2. The minimum atomic E-state index is -0.0339.